The van der Waals surface area contributed by atoms with Crippen LogP contribution in [0, 0.1) is 11.3 Å². The molecular weight excluding hydrogens is 234 g/mol. The molecule has 1 heterocycles. The molecule has 0 saturated carbocycles. The highest BCUT2D eigenvalue weighted by molar-refractivity contribution is 7.91. The highest BCUT2D eigenvalue weighted by Crippen LogP contribution is 2.38. The van der Waals surface area contributed by atoms with Crippen LogP contribution in [-0.4, -0.2) is 32.0 Å². The molecule has 0 bridgehead atoms. The van der Waals surface area contributed by atoms with E-state index in [0.29, 0.717) is 17.4 Å². The summed E-state index contributed by atoms with van der Waals surface area (Å²) in [5.74, 6) is 1.07. The molecule has 2 unspecified atom stereocenters. The lowest BCUT2D eigenvalue weighted by atomic mass is 9.74. The van der Waals surface area contributed by atoms with E-state index in [1.807, 2.05) is 0 Å². The van der Waals surface area contributed by atoms with Gasteiger partial charge in [-0.3, -0.25) is 0 Å². The fourth-order valence-electron chi connectivity index (χ4n) is 2.37. The highest BCUT2D eigenvalue weighted by atomic mass is 32.2. The van der Waals surface area contributed by atoms with Gasteiger partial charge in [-0.1, -0.05) is 13.8 Å². The van der Waals surface area contributed by atoms with Crippen molar-refractivity contribution in [3.05, 3.63) is 0 Å². The fourth-order valence-corrected chi connectivity index (χ4v) is 4.36. The Hall–Kier alpha value is -0.0900. The third-order valence-corrected chi connectivity index (χ3v) is 5.82. The summed E-state index contributed by atoms with van der Waals surface area (Å²) < 4.78 is 23.2. The van der Waals surface area contributed by atoms with E-state index >= 15 is 0 Å². The van der Waals surface area contributed by atoms with Gasteiger partial charge >= 0.3 is 0 Å². The number of nitrogens with one attached hydrogen (secondary N) is 1. The van der Waals surface area contributed by atoms with E-state index in [0.717, 1.165) is 19.4 Å². The fraction of sp³-hybridized carbons (Fsp3) is 1.00. The van der Waals surface area contributed by atoms with Crippen LogP contribution in [0.4, 0.5) is 0 Å². The molecular formula is C13H27NO2S. The Balaban J connectivity index is 2.69. The van der Waals surface area contributed by atoms with E-state index in [-0.39, 0.29) is 11.0 Å². The van der Waals surface area contributed by atoms with Crippen molar-refractivity contribution in [2.75, 3.05) is 18.1 Å². The molecule has 4 heteroatoms. The molecule has 1 fully saturated rings. The quantitative estimate of drug-likeness (QED) is 0.844. The molecule has 0 amide bonds. The maximum absolute atomic E-state index is 11.6. The number of hydrogen-bond acceptors (Lipinski definition) is 3. The van der Waals surface area contributed by atoms with Crippen LogP contribution in [0.25, 0.3) is 0 Å². The van der Waals surface area contributed by atoms with Gasteiger partial charge in [0.2, 0.25) is 0 Å². The van der Waals surface area contributed by atoms with Crippen molar-refractivity contribution < 1.29 is 8.42 Å². The van der Waals surface area contributed by atoms with E-state index in [1.54, 1.807) is 0 Å². The second-order valence-corrected chi connectivity index (χ2v) is 8.94. The third-order valence-electron chi connectivity index (χ3n) is 4.05. The minimum absolute atomic E-state index is 0.0912. The lowest BCUT2D eigenvalue weighted by molar-refractivity contribution is 0.172. The summed E-state index contributed by atoms with van der Waals surface area (Å²) >= 11 is 0. The molecule has 0 aliphatic carbocycles. The Labute approximate surface area is 106 Å². The van der Waals surface area contributed by atoms with Gasteiger partial charge < -0.3 is 5.32 Å². The first-order chi connectivity index (χ1) is 7.58. The molecule has 1 N–H and O–H groups in total. The Morgan fingerprint density at radius 3 is 2.18 bits per heavy atom. The van der Waals surface area contributed by atoms with Gasteiger partial charge in [-0.2, -0.15) is 0 Å². The standard InChI is InChI=1S/C13H27NO2S/c1-6-13(5,10-14-12(2,3)4)11-7-8-17(15,16)9-11/h11,14H,6-10H2,1-5H3. The average molecular weight is 261 g/mol. The monoisotopic (exact) mass is 261 g/mol. The van der Waals surface area contributed by atoms with Gasteiger partial charge in [-0.25, -0.2) is 8.42 Å². The number of rotatable bonds is 4. The minimum atomic E-state index is -2.77. The molecule has 1 saturated heterocycles. The molecule has 2 atom stereocenters. The molecule has 1 aliphatic heterocycles. The SMILES string of the molecule is CCC(C)(CNC(C)(C)C)C1CCS(=O)(=O)C1. The number of hydrogen-bond donors (Lipinski definition) is 1. The molecule has 17 heavy (non-hydrogen) atoms. The van der Waals surface area contributed by atoms with E-state index in [2.05, 4.69) is 39.9 Å². The van der Waals surface area contributed by atoms with Crippen molar-refractivity contribution in [3.63, 3.8) is 0 Å². The lowest BCUT2D eigenvalue weighted by Crippen LogP contribution is -2.45. The smallest absolute Gasteiger partial charge is 0.150 e. The Kier molecular flexibility index (Phi) is 4.30. The molecule has 1 rings (SSSR count). The van der Waals surface area contributed by atoms with Crippen molar-refractivity contribution in [2.24, 2.45) is 11.3 Å². The van der Waals surface area contributed by atoms with Gasteiger partial charge in [0.15, 0.2) is 9.84 Å². The van der Waals surface area contributed by atoms with Crippen molar-refractivity contribution >= 4 is 9.84 Å². The first kappa shape index (κ1) is 15.0. The Bertz CT molecular complexity index is 356. The van der Waals surface area contributed by atoms with Crippen molar-refractivity contribution in [1.82, 2.24) is 5.32 Å². The number of sulfone groups is 1. The van der Waals surface area contributed by atoms with Crippen molar-refractivity contribution in [3.8, 4) is 0 Å². The summed E-state index contributed by atoms with van der Waals surface area (Å²) in [6, 6.07) is 0. The van der Waals surface area contributed by atoms with Gasteiger partial charge in [-0.15, -0.1) is 0 Å². The van der Waals surface area contributed by atoms with E-state index < -0.39 is 9.84 Å². The van der Waals surface area contributed by atoms with Gasteiger partial charge in [0.1, 0.15) is 0 Å². The molecule has 102 valence electrons. The molecule has 0 radical (unpaired) electrons. The Morgan fingerprint density at radius 2 is 1.82 bits per heavy atom. The van der Waals surface area contributed by atoms with Gasteiger partial charge in [0.05, 0.1) is 11.5 Å². The van der Waals surface area contributed by atoms with Gasteiger partial charge in [0.25, 0.3) is 0 Å². The first-order valence-electron chi connectivity index (χ1n) is 6.53. The molecule has 0 aromatic heterocycles. The van der Waals surface area contributed by atoms with Crippen molar-refractivity contribution in [2.45, 2.75) is 53.0 Å². The summed E-state index contributed by atoms with van der Waals surface area (Å²) in [4.78, 5) is 0. The summed E-state index contributed by atoms with van der Waals surface area (Å²) in [5.41, 5.74) is 0.185. The molecule has 3 nitrogen and oxygen atoms in total. The second-order valence-electron chi connectivity index (χ2n) is 6.71. The van der Waals surface area contributed by atoms with E-state index in [4.69, 9.17) is 0 Å². The van der Waals surface area contributed by atoms with Crippen LogP contribution >= 0.6 is 0 Å². The second kappa shape index (κ2) is 4.88. The van der Waals surface area contributed by atoms with Crippen LogP contribution in [0.15, 0.2) is 0 Å². The molecule has 0 spiro atoms. The highest BCUT2D eigenvalue weighted by Gasteiger charge is 2.40. The van der Waals surface area contributed by atoms with Crippen LogP contribution < -0.4 is 5.32 Å². The van der Waals surface area contributed by atoms with Crippen LogP contribution in [0.1, 0.15) is 47.5 Å². The van der Waals surface area contributed by atoms with Crippen LogP contribution in [0.3, 0.4) is 0 Å². The van der Waals surface area contributed by atoms with Crippen LogP contribution in [-0.2, 0) is 9.84 Å². The first-order valence-corrected chi connectivity index (χ1v) is 8.35. The molecule has 1 aliphatic rings. The average Bonchev–Trinajstić information content (AvgIpc) is 2.55. The van der Waals surface area contributed by atoms with Gasteiger partial charge in [-0.05, 0) is 44.9 Å². The van der Waals surface area contributed by atoms with Gasteiger partial charge in [0, 0.05) is 12.1 Å². The maximum Gasteiger partial charge on any atom is 0.150 e. The van der Waals surface area contributed by atoms with E-state index in [9.17, 15) is 8.42 Å². The topological polar surface area (TPSA) is 46.2 Å². The predicted molar refractivity (Wildman–Crippen MR) is 72.9 cm³/mol. The molecule has 0 aromatic rings. The zero-order valence-electron chi connectivity index (χ0n) is 11.8. The predicted octanol–water partition coefficient (Wildman–Crippen LogP) is 2.23. The maximum atomic E-state index is 11.6. The summed E-state index contributed by atoms with van der Waals surface area (Å²) in [6.45, 7) is 11.7. The summed E-state index contributed by atoms with van der Waals surface area (Å²) in [6.07, 6.45) is 1.86. The summed E-state index contributed by atoms with van der Waals surface area (Å²) in [7, 11) is -2.77. The largest absolute Gasteiger partial charge is 0.312 e. The zero-order chi connectivity index (χ0) is 13.3. The van der Waals surface area contributed by atoms with Crippen LogP contribution in [0.5, 0.6) is 0 Å². The minimum Gasteiger partial charge on any atom is -0.312 e. The summed E-state index contributed by atoms with van der Waals surface area (Å²) in [5, 5.41) is 3.52. The Morgan fingerprint density at radius 1 is 1.24 bits per heavy atom. The van der Waals surface area contributed by atoms with Crippen LogP contribution in [0.2, 0.25) is 0 Å². The molecule has 0 aromatic carbocycles. The normalized spacial score (nSPS) is 27.9. The zero-order valence-corrected chi connectivity index (χ0v) is 12.7. The lowest BCUT2D eigenvalue weighted by Gasteiger charge is -2.37. The van der Waals surface area contributed by atoms with E-state index in [1.165, 1.54) is 0 Å². The third kappa shape index (κ3) is 4.25. The van der Waals surface area contributed by atoms with Crippen molar-refractivity contribution in [1.29, 1.82) is 0 Å².